The summed E-state index contributed by atoms with van der Waals surface area (Å²) in [5.74, 6) is 0.645. The minimum absolute atomic E-state index is 0.0457. The van der Waals surface area contributed by atoms with Crippen molar-refractivity contribution >= 4 is 11.8 Å². The van der Waals surface area contributed by atoms with Gasteiger partial charge in [0.15, 0.2) is 0 Å². The topological polar surface area (TPSA) is 87.3 Å². The fourth-order valence-electron chi connectivity index (χ4n) is 2.80. The van der Waals surface area contributed by atoms with Crippen LogP contribution < -0.4 is 10.1 Å². The lowest BCUT2D eigenvalue weighted by molar-refractivity contribution is -0.123. The van der Waals surface area contributed by atoms with Crippen LogP contribution in [0.2, 0.25) is 0 Å². The van der Waals surface area contributed by atoms with Crippen molar-refractivity contribution in [3.8, 4) is 5.88 Å². The second-order valence-electron chi connectivity index (χ2n) is 6.05. The van der Waals surface area contributed by atoms with Crippen molar-refractivity contribution in [3.05, 3.63) is 11.8 Å². The molecule has 1 aliphatic carbocycles. The highest BCUT2D eigenvalue weighted by atomic mass is 16.5. The van der Waals surface area contributed by atoms with Gasteiger partial charge in [0.05, 0.1) is 7.11 Å². The molecule has 2 amide bonds. The Labute approximate surface area is 129 Å². The highest BCUT2D eigenvalue weighted by Gasteiger charge is 2.32. The third-order valence-corrected chi connectivity index (χ3v) is 4.25. The van der Waals surface area contributed by atoms with Gasteiger partial charge in [-0.25, -0.2) is 0 Å². The van der Waals surface area contributed by atoms with E-state index in [1.54, 1.807) is 11.0 Å². The van der Waals surface area contributed by atoms with Crippen LogP contribution in [0.5, 0.6) is 5.88 Å². The molecule has 1 saturated heterocycles. The van der Waals surface area contributed by atoms with E-state index in [9.17, 15) is 9.59 Å². The lowest BCUT2D eigenvalue weighted by Gasteiger charge is -2.24. The molecule has 1 saturated carbocycles. The van der Waals surface area contributed by atoms with Gasteiger partial charge in [-0.15, -0.1) is 5.10 Å². The molecule has 0 aromatic carbocycles. The molecule has 7 heteroatoms. The van der Waals surface area contributed by atoms with Gasteiger partial charge < -0.3 is 15.0 Å². The smallest absolute Gasteiger partial charge is 0.272 e. The molecule has 7 nitrogen and oxygen atoms in total. The molecular weight excluding hydrogens is 284 g/mol. The van der Waals surface area contributed by atoms with Crippen molar-refractivity contribution in [2.75, 3.05) is 20.2 Å². The second-order valence-corrected chi connectivity index (χ2v) is 6.05. The normalized spacial score (nSPS) is 22.0. The Hall–Kier alpha value is -2.05. The number of hydrogen-bond acceptors (Lipinski definition) is 4. The third-order valence-electron chi connectivity index (χ3n) is 4.25. The first-order valence-corrected chi connectivity index (χ1v) is 7.86. The lowest BCUT2D eigenvalue weighted by atomic mass is 10.1. The van der Waals surface area contributed by atoms with E-state index in [0.717, 1.165) is 32.1 Å². The first-order valence-electron chi connectivity index (χ1n) is 7.86. The average molecular weight is 306 g/mol. The Morgan fingerprint density at radius 1 is 1.36 bits per heavy atom. The fourth-order valence-corrected chi connectivity index (χ4v) is 2.80. The zero-order chi connectivity index (χ0) is 15.5. The summed E-state index contributed by atoms with van der Waals surface area (Å²) in [6.45, 7) is 1.26. The van der Waals surface area contributed by atoms with Gasteiger partial charge in [0.25, 0.3) is 5.91 Å². The maximum Gasteiger partial charge on any atom is 0.272 e. The van der Waals surface area contributed by atoms with Crippen molar-refractivity contribution in [1.82, 2.24) is 20.4 Å². The molecule has 1 atom stereocenters. The summed E-state index contributed by atoms with van der Waals surface area (Å²) in [6.07, 6.45) is 4.89. The van der Waals surface area contributed by atoms with E-state index in [0.29, 0.717) is 24.7 Å². The molecule has 1 aliphatic heterocycles. The van der Waals surface area contributed by atoms with Crippen LogP contribution in [-0.4, -0.2) is 53.2 Å². The van der Waals surface area contributed by atoms with Crippen molar-refractivity contribution in [3.63, 3.8) is 0 Å². The summed E-state index contributed by atoms with van der Waals surface area (Å²) in [5.41, 5.74) is 0.422. The molecule has 0 bridgehead atoms. The van der Waals surface area contributed by atoms with E-state index in [2.05, 4.69) is 15.5 Å². The van der Waals surface area contributed by atoms with E-state index in [1.165, 1.54) is 7.11 Å². The molecule has 3 rings (SSSR count). The summed E-state index contributed by atoms with van der Waals surface area (Å²) >= 11 is 0. The zero-order valence-corrected chi connectivity index (χ0v) is 12.8. The summed E-state index contributed by atoms with van der Waals surface area (Å²) in [5, 5.41) is 9.70. The highest BCUT2D eigenvalue weighted by Crippen LogP contribution is 2.29. The fraction of sp³-hybridized carbons (Fsp3) is 0.667. The molecule has 120 valence electrons. The Balaban J connectivity index is 1.63. The Kier molecular flexibility index (Phi) is 4.31. The van der Waals surface area contributed by atoms with Crippen LogP contribution in [0.15, 0.2) is 6.07 Å². The number of ether oxygens (including phenoxy) is 1. The number of hydrogen-bond donors (Lipinski definition) is 2. The Morgan fingerprint density at radius 2 is 2.18 bits per heavy atom. The monoisotopic (exact) mass is 306 g/mol. The van der Waals surface area contributed by atoms with Crippen LogP contribution in [0.1, 0.15) is 42.6 Å². The predicted octanol–water partition coefficient (Wildman–Crippen LogP) is 0.939. The number of nitrogens with zero attached hydrogens (tertiary/aromatic N) is 2. The molecular formula is C15H22N4O3. The number of H-pyrrole nitrogens is 1. The Bertz CT molecular complexity index is 553. The summed E-state index contributed by atoms with van der Waals surface area (Å²) < 4.78 is 4.99. The molecule has 2 N–H and O–H groups in total. The average Bonchev–Trinajstić information content (AvgIpc) is 3.30. The summed E-state index contributed by atoms with van der Waals surface area (Å²) in [6, 6.07) is 1.65. The van der Waals surface area contributed by atoms with Gasteiger partial charge in [-0.2, -0.15) is 0 Å². The standard InChI is InChI=1S/C15H22N4O3/c1-22-13-8-12(17-18-13)15(21)19-7-3-2-4-11(9-19)16-14(20)10-5-6-10/h8,10-11H,2-7,9H2,1H3,(H,16,20)(H,17,18)/t11-/m0/s1. The summed E-state index contributed by atoms with van der Waals surface area (Å²) in [4.78, 5) is 26.3. The minimum Gasteiger partial charge on any atom is -0.480 e. The molecule has 1 aromatic rings. The van der Waals surface area contributed by atoms with Crippen molar-refractivity contribution in [1.29, 1.82) is 0 Å². The molecule has 2 heterocycles. The number of nitrogens with one attached hydrogen (secondary N) is 2. The molecule has 22 heavy (non-hydrogen) atoms. The van der Waals surface area contributed by atoms with Crippen LogP contribution in [0.4, 0.5) is 0 Å². The van der Waals surface area contributed by atoms with Crippen LogP contribution in [-0.2, 0) is 4.79 Å². The molecule has 2 fully saturated rings. The maximum absolute atomic E-state index is 12.5. The van der Waals surface area contributed by atoms with Crippen molar-refractivity contribution in [2.24, 2.45) is 5.92 Å². The number of likely N-dealkylation sites (tertiary alicyclic amines) is 1. The highest BCUT2D eigenvalue weighted by molar-refractivity contribution is 5.92. The number of amides is 2. The molecule has 1 aromatic heterocycles. The summed E-state index contributed by atoms with van der Waals surface area (Å²) in [7, 11) is 1.51. The first-order chi connectivity index (χ1) is 10.7. The van der Waals surface area contributed by atoms with E-state index < -0.39 is 0 Å². The number of aromatic amines is 1. The second kappa shape index (κ2) is 6.37. The molecule has 0 spiro atoms. The van der Waals surface area contributed by atoms with E-state index in [1.807, 2.05) is 0 Å². The molecule has 2 aliphatic rings. The SMILES string of the molecule is COc1cc(C(=O)N2CCCC[C@H](NC(=O)C3CC3)C2)[nH]n1. The molecule has 0 unspecified atom stereocenters. The van der Waals surface area contributed by atoms with E-state index in [4.69, 9.17) is 4.74 Å². The van der Waals surface area contributed by atoms with Gasteiger partial charge in [-0.1, -0.05) is 0 Å². The van der Waals surface area contributed by atoms with Crippen LogP contribution in [0, 0.1) is 5.92 Å². The van der Waals surface area contributed by atoms with Crippen LogP contribution >= 0.6 is 0 Å². The number of rotatable bonds is 4. The number of carbonyl (C=O) groups is 2. The van der Waals surface area contributed by atoms with Gasteiger partial charge in [0, 0.05) is 31.1 Å². The minimum atomic E-state index is -0.0941. The number of carbonyl (C=O) groups excluding carboxylic acids is 2. The quantitative estimate of drug-likeness (QED) is 0.866. The largest absolute Gasteiger partial charge is 0.480 e. The van der Waals surface area contributed by atoms with Gasteiger partial charge >= 0.3 is 0 Å². The van der Waals surface area contributed by atoms with Gasteiger partial charge in [-0.05, 0) is 32.1 Å². The molecule has 0 radical (unpaired) electrons. The van der Waals surface area contributed by atoms with Gasteiger partial charge in [-0.3, -0.25) is 14.7 Å². The number of aromatic nitrogens is 2. The van der Waals surface area contributed by atoms with Crippen molar-refractivity contribution < 1.29 is 14.3 Å². The lowest BCUT2D eigenvalue weighted by Crippen LogP contribution is -2.45. The zero-order valence-electron chi connectivity index (χ0n) is 12.8. The van der Waals surface area contributed by atoms with E-state index in [-0.39, 0.29) is 23.8 Å². The maximum atomic E-state index is 12.5. The van der Waals surface area contributed by atoms with Crippen LogP contribution in [0.25, 0.3) is 0 Å². The van der Waals surface area contributed by atoms with E-state index >= 15 is 0 Å². The van der Waals surface area contributed by atoms with Crippen molar-refractivity contribution in [2.45, 2.75) is 38.1 Å². The van der Waals surface area contributed by atoms with Crippen LogP contribution in [0.3, 0.4) is 0 Å². The number of methoxy groups -OCH3 is 1. The Morgan fingerprint density at radius 3 is 2.86 bits per heavy atom. The predicted molar refractivity (Wildman–Crippen MR) is 79.5 cm³/mol. The third kappa shape index (κ3) is 3.40. The first kappa shape index (κ1) is 14.9. The van der Waals surface area contributed by atoms with Gasteiger partial charge in [0.1, 0.15) is 5.69 Å². The van der Waals surface area contributed by atoms with Gasteiger partial charge in [0.2, 0.25) is 11.8 Å².